The highest BCUT2D eigenvalue weighted by Gasteiger charge is 2.22. The molecule has 0 atom stereocenters. The van der Waals surface area contributed by atoms with Crippen LogP contribution in [-0.4, -0.2) is 45.2 Å². The SMILES string of the molecule is COc1cc(C)ccc1N1CCC(N(C)C)CC1. The smallest absolute Gasteiger partial charge is 0.142 e. The molecule has 1 aromatic rings. The zero-order valence-electron chi connectivity index (χ0n) is 11.9. The van der Waals surface area contributed by atoms with E-state index in [9.17, 15) is 0 Å². The summed E-state index contributed by atoms with van der Waals surface area (Å²) in [5.74, 6) is 0.998. The lowest BCUT2D eigenvalue weighted by Gasteiger charge is -2.37. The van der Waals surface area contributed by atoms with E-state index in [1.54, 1.807) is 7.11 Å². The molecule has 18 heavy (non-hydrogen) atoms. The molecule has 1 saturated heterocycles. The van der Waals surface area contributed by atoms with Crippen LogP contribution in [0.25, 0.3) is 0 Å². The van der Waals surface area contributed by atoms with Crippen molar-refractivity contribution < 1.29 is 4.74 Å². The van der Waals surface area contributed by atoms with Crippen LogP contribution in [0, 0.1) is 6.92 Å². The summed E-state index contributed by atoms with van der Waals surface area (Å²) in [5, 5.41) is 0. The number of ether oxygens (including phenoxy) is 1. The third kappa shape index (κ3) is 2.78. The average molecular weight is 248 g/mol. The van der Waals surface area contributed by atoms with Gasteiger partial charge in [-0.2, -0.15) is 0 Å². The molecule has 0 aliphatic carbocycles. The highest BCUT2D eigenvalue weighted by molar-refractivity contribution is 5.60. The zero-order valence-corrected chi connectivity index (χ0v) is 11.9. The van der Waals surface area contributed by atoms with E-state index >= 15 is 0 Å². The molecule has 0 aromatic heterocycles. The average Bonchev–Trinajstić information content (AvgIpc) is 2.38. The minimum atomic E-state index is 0.720. The Morgan fingerprint density at radius 3 is 2.44 bits per heavy atom. The lowest BCUT2D eigenvalue weighted by Crippen LogP contribution is -2.42. The van der Waals surface area contributed by atoms with Crippen molar-refractivity contribution in [2.75, 3.05) is 39.2 Å². The number of aryl methyl sites for hydroxylation is 1. The summed E-state index contributed by atoms with van der Waals surface area (Å²) >= 11 is 0. The van der Waals surface area contributed by atoms with Crippen molar-refractivity contribution in [3.8, 4) is 5.75 Å². The van der Waals surface area contributed by atoms with Gasteiger partial charge in [-0.25, -0.2) is 0 Å². The maximum atomic E-state index is 5.50. The molecule has 2 rings (SSSR count). The van der Waals surface area contributed by atoms with Crippen molar-refractivity contribution >= 4 is 5.69 Å². The second kappa shape index (κ2) is 5.61. The largest absolute Gasteiger partial charge is 0.495 e. The van der Waals surface area contributed by atoms with E-state index in [0.717, 1.165) is 24.9 Å². The number of anilines is 1. The molecule has 0 N–H and O–H groups in total. The first-order valence-corrected chi connectivity index (χ1v) is 6.68. The van der Waals surface area contributed by atoms with Crippen molar-refractivity contribution in [3.63, 3.8) is 0 Å². The molecule has 1 aromatic carbocycles. The Balaban J connectivity index is 2.09. The van der Waals surface area contributed by atoms with E-state index in [4.69, 9.17) is 4.74 Å². The predicted molar refractivity (Wildman–Crippen MR) is 76.7 cm³/mol. The summed E-state index contributed by atoms with van der Waals surface area (Å²) in [6.07, 6.45) is 2.45. The molecule has 1 heterocycles. The second-order valence-electron chi connectivity index (χ2n) is 5.36. The third-order valence-electron chi connectivity index (χ3n) is 3.87. The van der Waals surface area contributed by atoms with Crippen molar-refractivity contribution in [1.82, 2.24) is 4.90 Å². The van der Waals surface area contributed by atoms with Crippen LogP contribution in [0.3, 0.4) is 0 Å². The van der Waals surface area contributed by atoms with Crippen molar-refractivity contribution in [2.45, 2.75) is 25.8 Å². The van der Waals surface area contributed by atoms with E-state index in [1.165, 1.54) is 24.1 Å². The Labute approximate surface area is 110 Å². The third-order valence-corrected chi connectivity index (χ3v) is 3.87. The van der Waals surface area contributed by atoms with E-state index < -0.39 is 0 Å². The topological polar surface area (TPSA) is 15.7 Å². The molecule has 3 nitrogen and oxygen atoms in total. The Kier molecular flexibility index (Phi) is 4.12. The monoisotopic (exact) mass is 248 g/mol. The molecule has 1 aliphatic rings. The molecular formula is C15H24N2O. The van der Waals surface area contributed by atoms with Crippen LogP contribution in [-0.2, 0) is 0 Å². The highest BCUT2D eigenvalue weighted by Crippen LogP contribution is 2.31. The quantitative estimate of drug-likeness (QED) is 0.817. The maximum Gasteiger partial charge on any atom is 0.142 e. The van der Waals surface area contributed by atoms with Gasteiger partial charge in [0.1, 0.15) is 5.75 Å². The van der Waals surface area contributed by atoms with Gasteiger partial charge >= 0.3 is 0 Å². The first-order chi connectivity index (χ1) is 8.61. The van der Waals surface area contributed by atoms with Crippen LogP contribution in [0.1, 0.15) is 18.4 Å². The van der Waals surface area contributed by atoms with Crippen LogP contribution in [0.5, 0.6) is 5.75 Å². The van der Waals surface area contributed by atoms with Gasteiger partial charge in [0.15, 0.2) is 0 Å². The van der Waals surface area contributed by atoms with Crippen LogP contribution >= 0.6 is 0 Å². The van der Waals surface area contributed by atoms with Gasteiger partial charge in [-0.3, -0.25) is 0 Å². The lowest BCUT2D eigenvalue weighted by molar-refractivity contribution is 0.249. The van der Waals surface area contributed by atoms with Gasteiger partial charge in [0.2, 0.25) is 0 Å². The van der Waals surface area contributed by atoms with Crippen molar-refractivity contribution in [1.29, 1.82) is 0 Å². The number of methoxy groups -OCH3 is 1. The maximum absolute atomic E-state index is 5.50. The van der Waals surface area contributed by atoms with Crippen LogP contribution in [0.4, 0.5) is 5.69 Å². The molecule has 1 fully saturated rings. The zero-order chi connectivity index (χ0) is 13.1. The van der Waals surface area contributed by atoms with Gasteiger partial charge in [-0.1, -0.05) is 6.07 Å². The molecule has 0 bridgehead atoms. The molecule has 0 spiro atoms. The standard InChI is InChI=1S/C15H24N2O/c1-12-5-6-14(15(11-12)18-4)17-9-7-13(8-10-17)16(2)3/h5-6,11,13H,7-10H2,1-4H3. The molecule has 0 unspecified atom stereocenters. The molecule has 100 valence electrons. The van der Waals surface area contributed by atoms with Gasteiger partial charge in [0.25, 0.3) is 0 Å². The Hall–Kier alpha value is -1.22. The Morgan fingerprint density at radius 2 is 1.89 bits per heavy atom. The molecule has 3 heteroatoms. The van der Waals surface area contributed by atoms with E-state index in [0.29, 0.717) is 0 Å². The summed E-state index contributed by atoms with van der Waals surface area (Å²) in [6, 6.07) is 7.19. The van der Waals surface area contributed by atoms with Crippen LogP contribution in [0.2, 0.25) is 0 Å². The normalized spacial score (nSPS) is 17.3. The van der Waals surface area contributed by atoms with Crippen molar-refractivity contribution in [2.24, 2.45) is 0 Å². The van der Waals surface area contributed by atoms with Gasteiger partial charge in [0.05, 0.1) is 12.8 Å². The molecule has 0 saturated carbocycles. The van der Waals surface area contributed by atoms with Crippen LogP contribution in [0.15, 0.2) is 18.2 Å². The minimum absolute atomic E-state index is 0.720. The number of benzene rings is 1. The molecular weight excluding hydrogens is 224 g/mol. The minimum Gasteiger partial charge on any atom is -0.495 e. The van der Waals surface area contributed by atoms with E-state index in [-0.39, 0.29) is 0 Å². The summed E-state index contributed by atoms with van der Waals surface area (Å²) in [6.45, 7) is 4.33. The Bertz CT molecular complexity index is 395. The second-order valence-corrected chi connectivity index (χ2v) is 5.36. The summed E-state index contributed by atoms with van der Waals surface area (Å²) in [4.78, 5) is 4.78. The number of hydrogen-bond acceptors (Lipinski definition) is 3. The fourth-order valence-corrected chi connectivity index (χ4v) is 2.67. The van der Waals surface area contributed by atoms with Gasteiger partial charge in [-0.15, -0.1) is 0 Å². The van der Waals surface area contributed by atoms with Crippen LogP contribution < -0.4 is 9.64 Å². The number of hydrogen-bond donors (Lipinski definition) is 0. The van der Waals surface area contributed by atoms with E-state index in [1.807, 2.05) is 0 Å². The van der Waals surface area contributed by atoms with Crippen molar-refractivity contribution in [3.05, 3.63) is 23.8 Å². The molecule has 1 aliphatic heterocycles. The fraction of sp³-hybridized carbons (Fsp3) is 0.600. The van der Waals surface area contributed by atoms with Gasteiger partial charge < -0.3 is 14.5 Å². The molecule has 0 radical (unpaired) electrons. The van der Waals surface area contributed by atoms with E-state index in [2.05, 4.69) is 49.0 Å². The van der Waals surface area contributed by atoms with Gasteiger partial charge in [0, 0.05) is 19.1 Å². The Morgan fingerprint density at radius 1 is 1.22 bits per heavy atom. The molecule has 0 amide bonds. The number of rotatable bonds is 3. The summed E-state index contributed by atoms with van der Waals surface area (Å²) in [5.41, 5.74) is 2.49. The number of nitrogens with zero attached hydrogens (tertiary/aromatic N) is 2. The predicted octanol–water partition coefficient (Wildman–Crippen LogP) is 2.53. The van der Waals surface area contributed by atoms with Gasteiger partial charge in [-0.05, 0) is 51.6 Å². The lowest BCUT2D eigenvalue weighted by atomic mass is 10.0. The first kappa shape index (κ1) is 13.2. The number of piperidine rings is 1. The first-order valence-electron chi connectivity index (χ1n) is 6.68. The summed E-state index contributed by atoms with van der Waals surface area (Å²) < 4.78 is 5.50. The fourth-order valence-electron chi connectivity index (χ4n) is 2.67. The highest BCUT2D eigenvalue weighted by atomic mass is 16.5. The summed E-state index contributed by atoms with van der Waals surface area (Å²) in [7, 11) is 6.10.